The number of rotatable bonds is 4. The average molecular weight is 318 g/mol. The summed E-state index contributed by atoms with van der Waals surface area (Å²) < 4.78 is 0. The van der Waals surface area contributed by atoms with E-state index in [2.05, 4.69) is 29.1 Å². The van der Waals surface area contributed by atoms with Gasteiger partial charge in [0.1, 0.15) is 5.01 Å². The molecule has 3 nitrogen and oxygen atoms in total. The number of nitrogens with one attached hydrogen (secondary N) is 1. The number of fused-ring (bicyclic) bond motifs is 1. The van der Waals surface area contributed by atoms with Gasteiger partial charge in [0.05, 0.1) is 10.5 Å². The van der Waals surface area contributed by atoms with Gasteiger partial charge in [-0.25, -0.2) is 4.98 Å². The number of aromatic nitrogens is 2. The van der Waals surface area contributed by atoms with Gasteiger partial charge in [-0.2, -0.15) is 0 Å². The summed E-state index contributed by atoms with van der Waals surface area (Å²) in [5.74, 6) is 0. The fraction of sp³-hybridized carbons (Fsp3) is 0.250. The zero-order valence-electron chi connectivity index (χ0n) is 11.9. The lowest BCUT2D eigenvalue weighted by Crippen LogP contribution is -2.16. The first-order valence-electron chi connectivity index (χ1n) is 6.93. The molecule has 0 aliphatic carbocycles. The van der Waals surface area contributed by atoms with Crippen molar-refractivity contribution in [1.29, 1.82) is 0 Å². The fourth-order valence-corrected chi connectivity index (χ4v) is 3.51. The summed E-state index contributed by atoms with van der Waals surface area (Å²) in [5, 5.41) is 6.08. The first-order chi connectivity index (χ1) is 10.2. The lowest BCUT2D eigenvalue weighted by Gasteiger charge is -2.08. The van der Waals surface area contributed by atoms with E-state index in [1.165, 1.54) is 4.88 Å². The predicted molar refractivity (Wildman–Crippen MR) is 90.0 cm³/mol. The standard InChI is InChI=1S/C16H16ClN3S/c1-3-18-10(2)14-9-20-16(21-14)12-6-7-13(17)11-5-4-8-19-15(11)12/h4-10,18H,3H2,1-2H3. The molecule has 1 aromatic carbocycles. The highest BCUT2D eigenvalue weighted by Gasteiger charge is 2.13. The van der Waals surface area contributed by atoms with E-state index in [0.717, 1.165) is 33.0 Å². The number of pyridine rings is 1. The molecular formula is C16H16ClN3S. The second-order valence-corrected chi connectivity index (χ2v) is 6.31. The highest BCUT2D eigenvalue weighted by atomic mass is 35.5. The van der Waals surface area contributed by atoms with Crippen molar-refractivity contribution in [3.8, 4) is 10.6 Å². The van der Waals surface area contributed by atoms with Gasteiger partial charge in [-0.3, -0.25) is 4.98 Å². The van der Waals surface area contributed by atoms with Crippen LogP contribution in [0.15, 0.2) is 36.7 Å². The van der Waals surface area contributed by atoms with Gasteiger partial charge in [0.2, 0.25) is 0 Å². The third-order valence-electron chi connectivity index (χ3n) is 3.41. The Balaban J connectivity index is 2.07. The van der Waals surface area contributed by atoms with Crippen molar-refractivity contribution in [2.75, 3.05) is 6.54 Å². The topological polar surface area (TPSA) is 37.8 Å². The lowest BCUT2D eigenvalue weighted by molar-refractivity contribution is 0.606. The molecule has 0 saturated heterocycles. The Labute approximate surface area is 133 Å². The predicted octanol–water partition coefficient (Wildman–Crippen LogP) is 4.68. The molecule has 3 rings (SSSR count). The maximum Gasteiger partial charge on any atom is 0.125 e. The molecular weight excluding hydrogens is 302 g/mol. The maximum absolute atomic E-state index is 6.25. The minimum atomic E-state index is 0.313. The SMILES string of the molecule is CCNC(C)c1cnc(-c2ccc(Cl)c3cccnc23)s1. The van der Waals surface area contributed by atoms with E-state index in [1.54, 1.807) is 17.5 Å². The van der Waals surface area contributed by atoms with Crippen LogP contribution in [0, 0.1) is 0 Å². The average Bonchev–Trinajstić information content (AvgIpc) is 2.98. The summed E-state index contributed by atoms with van der Waals surface area (Å²) in [5.41, 5.74) is 1.94. The molecule has 3 aromatic rings. The van der Waals surface area contributed by atoms with Gasteiger partial charge in [0.25, 0.3) is 0 Å². The highest BCUT2D eigenvalue weighted by molar-refractivity contribution is 7.15. The Kier molecular flexibility index (Phi) is 4.19. The molecule has 5 heteroatoms. The normalized spacial score (nSPS) is 12.7. The van der Waals surface area contributed by atoms with Gasteiger partial charge >= 0.3 is 0 Å². The first kappa shape index (κ1) is 14.4. The number of thiazole rings is 1. The van der Waals surface area contributed by atoms with E-state index < -0.39 is 0 Å². The highest BCUT2D eigenvalue weighted by Crippen LogP contribution is 2.35. The van der Waals surface area contributed by atoms with Crippen LogP contribution in [-0.4, -0.2) is 16.5 Å². The third kappa shape index (κ3) is 2.79. The van der Waals surface area contributed by atoms with Gasteiger partial charge in [0, 0.05) is 34.3 Å². The van der Waals surface area contributed by atoms with Crippen molar-refractivity contribution in [1.82, 2.24) is 15.3 Å². The van der Waals surface area contributed by atoms with Gasteiger partial charge in [-0.05, 0) is 37.7 Å². The summed E-state index contributed by atoms with van der Waals surface area (Å²) in [6, 6.07) is 8.11. The van der Waals surface area contributed by atoms with Crippen LogP contribution in [0.5, 0.6) is 0 Å². The van der Waals surface area contributed by atoms with E-state index >= 15 is 0 Å². The molecule has 0 radical (unpaired) electrons. The van der Waals surface area contributed by atoms with Crippen molar-refractivity contribution < 1.29 is 0 Å². The molecule has 0 amide bonds. The van der Waals surface area contributed by atoms with Gasteiger partial charge < -0.3 is 5.32 Å². The van der Waals surface area contributed by atoms with Crippen molar-refractivity contribution in [3.63, 3.8) is 0 Å². The van der Waals surface area contributed by atoms with E-state index in [9.17, 15) is 0 Å². The largest absolute Gasteiger partial charge is 0.310 e. The zero-order valence-corrected chi connectivity index (χ0v) is 13.5. The van der Waals surface area contributed by atoms with Crippen LogP contribution in [0.1, 0.15) is 24.8 Å². The Morgan fingerprint density at radius 2 is 2.14 bits per heavy atom. The molecule has 0 aliphatic heterocycles. The van der Waals surface area contributed by atoms with Crippen LogP contribution in [-0.2, 0) is 0 Å². The summed E-state index contributed by atoms with van der Waals surface area (Å²) in [6.45, 7) is 5.20. The minimum absolute atomic E-state index is 0.313. The molecule has 0 saturated carbocycles. The van der Waals surface area contributed by atoms with E-state index in [4.69, 9.17) is 11.6 Å². The summed E-state index contributed by atoms with van der Waals surface area (Å²) in [4.78, 5) is 10.3. The number of nitrogens with zero attached hydrogens (tertiary/aromatic N) is 2. The Morgan fingerprint density at radius 1 is 1.29 bits per heavy atom. The molecule has 1 atom stereocenters. The van der Waals surface area contributed by atoms with Crippen LogP contribution >= 0.6 is 22.9 Å². The number of halogens is 1. The van der Waals surface area contributed by atoms with Crippen LogP contribution < -0.4 is 5.32 Å². The Hall–Kier alpha value is -1.49. The van der Waals surface area contributed by atoms with Crippen LogP contribution in [0.25, 0.3) is 21.5 Å². The summed E-state index contributed by atoms with van der Waals surface area (Å²) in [6.07, 6.45) is 3.73. The van der Waals surface area contributed by atoms with Crippen molar-refractivity contribution in [2.45, 2.75) is 19.9 Å². The molecule has 21 heavy (non-hydrogen) atoms. The van der Waals surface area contributed by atoms with Gasteiger partial charge in [-0.1, -0.05) is 18.5 Å². The second kappa shape index (κ2) is 6.10. The van der Waals surface area contributed by atoms with Gasteiger partial charge in [0.15, 0.2) is 0 Å². The van der Waals surface area contributed by atoms with E-state index in [0.29, 0.717) is 6.04 Å². The smallest absolute Gasteiger partial charge is 0.125 e. The number of benzene rings is 1. The van der Waals surface area contributed by atoms with Gasteiger partial charge in [-0.15, -0.1) is 11.3 Å². The monoisotopic (exact) mass is 317 g/mol. The van der Waals surface area contributed by atoms with Crippen LogP contribution in [0.2, 0.25) is 5.02 Å². The van der Waals surface area contributed by atoms with Crippen molar-refractivity contribution in [2.24, 2.45) is 0 Å². The summed E-state index contributed by atoms with van der Waals surface area (Å²) in [7, 11) is 0. The molecule has 0 fully saturated rings. The Bertz CT molecular complexity index is 769. The molecule has 0 spiro atoms. The number of hydrogen-bond acceptors (Lipinski definition) is 4. The first-order valence-corrected chi connectivity index (χ1v) is 8.13. The molecule has 1 unspecified atom stereocenters. The quantitative estimate of drug-likeness (QED) is 0.759. The van der Waals surface area contributed by atoms with Crippen molar-refractivity contribution in [3.05, 3.63) is 46.6 Å². The van der Waals surface area contributed by atoms with Crippen LogP contribution in [0.4, 0.5) is 0 Å². The van der Waals surface area contributed by atoms with E-state index in [1.807, 2.05) is 30.5 Å². The fourth-order valence-electron chi connectivity index (χ4n) is 2.33. The molecule has 0 bridgehead atoms. The Morgan fingerprint density at radius 3 is 2.95 bits per heavy atom. The molecule has 2 heterocycles. The lowest BCUT2D eigenvalue weighted by atomic mass is 10.1. The zero-order chi connectivity index (χ0) is 14.8. The maximum atomic E-state index is 6.25. The molecule has 2 aromatic heterocycles. The molecule has 0 aliphatic rings. The molecule has 1 N–H and O–H groups in total. The van der Waals surface area contributed by atoms with Crippen molar-refractivity contribution >= 4 is 33.8 Å². The van der Waals surface area contributed by atoms with E-state index in [-0.39, 0.29) is 0 Å². The number of hydrogen-bond donors (Lipinski definition) is 1. The minimum Gasteiger partial charge on any atom is -0.310 e. The second-order valence-electron chi connectivity index (χ2n) is 4.84. The molecule has 108 valence electrons. The third-order valence-corrected chi connectivity index (χ3v) is 4.95. The summed E-state index contributed by atoms with van der Waals surface area (Å²) >= 11 is 7.94. The van der Waals surface area contributed by atoms with Crippen LogP contribution in [0.3, 0.4) is 0 Å².